The van der Waals surface area contributed by atoms with E-state index in [0.29, 0.717) is 0 Å². The van der Waals surface area contributed by atoms with E-state index in [1.807, 2.05) is 0 Å². The molecular weight excluding hydrogens is 268 g/mol. The molecule has 0 saturated heterocycles. The van der Waals surface area contributed by atoms with Crippen molar-refractivity contribution in [2.24, 2.45) is 0 Å². The molecule has 1 aromatic heterocycles. The van der Waals surface area contributed by atoms with E-state index in [-0.39, 0.29) is 0 Å². The average Bonchev–Trinajstić information content (AvgIpc) is 2.70. The smallest absolute Gasteiger partial charge is 0.0562 e. The van der Waals surface area contributed by atoms with Gasteiger partial charge in [-0.1, -0.05) is 42.0 Å². The highest BCUT2D eigenvalue weighted by atomic mass is 15.0. The summed E-state index contributed by atoms with van der Waals surface area (Å²) in [5.41, 5.74) is 8.25. The zero-order chi connectivity index (χ0) is 15.1. The van der Waals surface area contributed by atoms with Gasteiger partial charge in [0.15, 0.2) is 0 Å². The molecule has 0 radical (unpaired) electrons. The van der Waals surface area contributed by atoms with Crippen LogP contribution in [-0.4, -0.2) is 17.7 Å². The van der Waals surface area contributed by atoms with Crippen LogP contribution in [0.5, 0.6) is 0 Å². The lowest BCUT2D eigenvalue weighted by Gasteiger charge is -2.13. The zero-order valence-corrected chi connectivity index (χ0v) is 13.3. The van der Waals surface area contributed by atoms with Gasteiger partial charge in [0.2, 0.25) is 0 Å². The van der Waals surface area contributed by atoms with Gasteiger partial charge in [0.25, 0.3) is 0 Å². The van der Waals surface area contributed by atoms with E-state index in [2.05, 4.69) is 66.2 Å². The van der Waals surface area contributed by atoms with Crippen LogP contribution >= 0.6 is 0 Å². The molecule has 2 heterocycles. The predicted octanol–water partition coefficient (Wildman–Crippen LogP) is 4.07. The molecule has 0 aliphatic carbocycles. The maximum atomic E-state index is 3.50. The molecule has 2 heteroatoms. The fourth-order valence-corrected chi connectivity index (χ4v) is 3.71. The summed E-state index contributed by atoms with van der Waals surface area (Å²) in [6.07, 6.45) is 1.11. The van der Waals surface area contributed by atoms with Gasteiger partial charge in [0.1, 0.15) is 0 Å². The number of aromatic nitrogens is 1. The largest absolute Gasteiger partial charge is 0.343 e. The quantitative estimate of drug-likeness (QED) is 0.715. The van der Waals surface area contributed by atoms with Gasteiger partial charge in [0, 0.05) is 42.7 Å². The van der Waals surface area contributed by atoms with E-state index < -0.39 is 0 Å². The third kappa shape index (κ3) is 2.15. The molecule has 0 unspecified atom stereocenters. The van der Waals surface area contributed by atoms with Gasteiger partial charge in [0.05, 0.1) is 5.52 Å². The second-order valence-electron chi connectivity index (χ2n) is 6.35. The third-order valence-corrected chi connectivity index (χ3v) is 4.75. The first-order valence-corrected chi connectivity index (χ1v) is 8.13. The molecule has 112 valence electrons. The third-order valence-electron chi connectivity index (χ3n) is 4.75. The summed E-state index contributed by atoms with van der Waals surface area (Å²) in [5.74, 6) is 0. The molecule has 4 rings (SSSR count). The van der Waals surface area contributed by atoms with E-state index >= 15 is 0 Å². The van der Waals surface area contributed by atoms with E-state index in [9.17, 15) is 0 Å². The SMILES string of the molecule is Cc1ccc(-c2cccc3cc4n(c23)CCNCC4)c(C)c1. The highest BCUT2D eigenvalue weighted by Crippen LogP contribution is 2.33. The van der Waals surface area contributed by atoms with Crippen molar-refractivity contribution in [3.05, 3.63) is 59.3 Å². The van der Waals surface area contributed by atoms with Crippen LogP contribution in [0.3, 0.4) is 0 Å². The first-order chi connectivity index (χ1) is 10.7. The van der Waals surface area contributed by atoms with E-state index in [1.54, 1.807) is 0 Å². The lowest BCUT2D eigenvalue weighted by Crippen LogP contribution is -2.17. The van der Waals surface area contributed by atoms with Crippen LogP contribution in [0.1, 0.15) is 16.8 Å². The Morgan fingerprint density at radius 3 is 2.73 bits per heavy atom. The van der Waals surface area contributed by atoms with Crippen molar-refractivity contribution in [2.45, 2.75) is 26.8 Å². The monoisotopic (exact) mass is 290 g/mol. The second-order valence-corrected chi connectivity index (χ2v) is 6.35. The van der Waals surface area contributed by atoms with E-state index in [1.165, 1.54) is 38.9 Å². The van der Waals surface area contributed by atoms with Crippen LogP contribution in [-0.2, 0) is 13.0 Å². The number of para-hydroxylation sites is 1. The molecule has 0 spiro atoms. The molecule has 1 aliphatic heterocycles. The molecule has 2 aromatic carbocycles. The zero-order valence-electron chi connectivity index (χ0n) is 13.3. The Labute approximate surface area is 131 Å². The minimum absolute atomic E-state index is 1.05. The molecule has 22 heavy (non-hydrogen) atoms. The number of fused-ring (bicyclic) bond motifs is 3. The Kier molecular flexibility index (Phi) is 3.27. The molecule has 0 bridgehead atoms. The van der Waals surface area contributed by atoms with Crippen molar-refractivity contribution in [3.63, 3.8) is 0 Å². The van der Waals surface area contributed by atoms with Gasteiger partial charge in [-0.2, -0.15) is 0 Å². The molecule has 0 fully saturated rings. The highest BCUT2D eigenvalue weighted by molar-refractivity contribution is 5.96. The lowest BCUT2D eigenvalue weighted by atomic mass is 9.97. The van der Waals surface area contributed by atoms with Crippen molar-refractivity contribution in [1.82, 2.24) is 9.88 Å². The number of benzene rings is 2. The van der Waals surface area contributed by atoms with Crippen molar-refractivity contribution in [1.29, 1.82) is 0 Å². The van der Waals surface area contributed by atoms with Gasteiger partial charge in [-0.05, 0) is 31.0 Å². The molecule has 1 aliphatic rings. The average molecular weight is 290 g/mol. The van der Waals surface area contributed by atoms with Gasteiger partial charge in [-0.15, -0.1) is 0 Å². The van der Waals surface area contributed by atoms with E-state index in [0.717, 1.165) is 26.1 Å². The second kappa shape index (κ2) is 5.29. The fraction of sp³-hybridized carbons (Fsp3) is 0.300. The molecule has 0 saturated carbocycles. The molecule has 2 nitrogen and oxygen atoms in total. The molecule has 0 amide bonds. The normalized spacial score (nSPS) is 14.8. The van der Waals surface area contributed by atoms with Crippen LogP contribution in [0.15, 0.2) is 42.5 Å². The maximum Gasteiger partial charge on any atom is 0.0562 e. The highest BCUT2D eigenvalue weighted by Gasteiger charge is 2.15. The summed E-state index contributed by atoms with van der Waals surface area (Å²) in [7, 11) is 0. The fourth-order valence-electron chi connectivity index (χ4n) is 3.71. The summed E-state index contributed by atoms with van der Waals surface area (Å²) < 4.78 is 2.52. The summed E-state index contributed by atoms with van der Waals surface area (Å²) >= 11 is 0. The minimum Gasteiger partial charge on any atom is -0.343 e. The van der Waals surface area contributed by atoms with Crippen LogP contribution in [0.25, 0.3) is 22.0 Å². The standard InChI is InChI=1S/C20H22N2/c1-14-6-7-18(15(2)12-14)19-5-3-4-16-13-17-8-9-21-10-11-22(17)20(16)19/h3-7,12-13,21H,8-11H2,1-2H3. The minimum atomic E-state index is 1.05. The van der Waals surface area contributed by atoms with Crippen molar-refractivity contribution < 1.29 is 0 Å². The lowest BCUT2D eigenvalue weighted by molar-refractivity contribution is 0.658. The first-order valence-electron chi connectivity index (χ1n) is 8.13. The van der Waals surface area contributed by atoms with Crippen molar-refractivity contribution in [2.75, 3.05) is 13.1 Å². The summed E-state index contributed by atoms with van der Waals surface area (Å²) in [4.78, 5) is 0. The summed E-state index contributed by atoms with van der Waals surface area (Å²) in [6, 6.07) is 15.8. The number of hydrogen-bond donors (Lipinski definition) is 1. The number of nitrogens with zero attached hydrogens (tertiary/aromatic N) is 1. The Hall–Kier alpha value is -2.06. The van der Waals surface area contributed by atoms with E-state index in [4.69, 9.17) is 0 Å². The van der Waals surface area contributed by atoms with Crippen LogP contribution in [0.4, 0.5) is 0 Å². The van der Waals surface area contributed by atoms with Crippen LogP contribution in [0.2, 0.25) is 0 Å². The number of hydrogen-bond acceptors (Lipinski definition) is 1. The Balaban J connectivity index is 1.99. The molecule has 3 aromatic rings. The van der Waals surface area contributed by atoms with Gasteiger partial charge < -0.3 is 9.88 Å². The van der Waals surface area contributed by atoms with Gasteiger partial charge >= 0.3 is 0 Å². The van der Waals surface area contributed by atoms with Crippen molar-refractivity contribution >= 4 is 10.9 Å². The summed E-state index contributed by atoms with van der Waals surface area (Å²) in [6.45, 7) is 7.56. The predicted molar refractivity (Wildman–Crippen MR) is 93.4 cm³/mol. The van der Waals surface area contributed by atoms with Crippen LogP contribution in [0, 0.1) is 13.8 Å². The summed E-state index contributed by atoms with van der Waals surface area (Å²) in [5, 5.41) is 4.87. The van der Waals surface area contributed by atoms with Gasteiger partial charge in [-0.25, -0.2) is 0 Å². The molecule has 1 N–H and O–H groups in total. The number of rotatable bonds is 1. The number of nitrogens with one attached hydrogen (secondary N) is 1. The molecular formula is C20H22N2. The van der Waals surface area contributed by atoms with Crippen LogP contribution < -0.4 is 5.32 Å². The Bertz CT molecular complexity index is 842. The first kappa shape index (κ1) is 13.6. The maximum absolute atomic E-state index is 3.50. The molecule has 0 atom stereocenters. The topological polar surface area (TPSA) is 17.0 Å². The van der Waals surface area contributed by atoms with Gasteiger partial charge in [-0.3, -0.25) is 0 Å². The Morgan fingerprint density at radius 1 is 0.955 bits per heavy atom. The van der Waals surface area contributed by atoms with Crippen molar-refractivity contribution in [3.8, 4) is 11.1 Å². The number of aryl methyl sites for hydroxylation is 2. The Morgan fingerprint density at radius 2 is 1.86 bits per heavy atom.